The monoisotopic (exact) mass is 524 g/mol. The summed E-state index contributed by atoms with van der Waals surface area (Å²) in [6, 6.07) is 14.2. The van der Waals surface area contributed by atoms with Gasteiger partial charge in [0.25, 0.3) is 5.91 Å². The Balaban J connectivity index is 1.33. The maximum atomic E-state index is 12.9. The lowest BCUT2D eigenvalue weighted by Gasteiger charge is -2.33. The molecule has 1 aliphatic heterocycles. The summed E-state index contributed by atoms with van der Waals surface area (Å²) >= 11 is 5.96. The highest BCUT2D eigenvalue weighted by Gasteiger charge is 2.26. The summed E-state index contributed by atoms with van der Waals surface area (Å²) in [4.78, 5) is 15.0. The quantitative estimate of drug-likeness (QED) is 0.425. The van der Waals surface area contributed by atoms with E-state index >= 15 is 0 Å². The van der Waals surface area contributed by atoms with Gasteiger partial charge in [-0.2, -0.15) is 5.10 Å². The molecule has 1 fully saturated rings. The lowest BCUT2D eigenvalue weighted by atomic mass is 10.0. The number of aryl methyl sites for hydroxylation is 1. The summed E-state index contributed by atoms with van der Waals surface area (Å²) in [6.45, 7) is 1.35. The number of sulfone groups is 1. The fourth-order valence-electron chi connectivity index (χ4n) is 4.61. The number of carbonyl (C=O) groups excluding carboxylic acids is 1. The van der Waals surface area contributed by atoms with Crippen LogP contribution in [0.2, 0.25) is 5.02 Å². The van der Waals surface area contributed by atoms with E-state index in [4.69, 9.17) is 11.6 Å². The number of aromatic nitrogens is 4. The second-order valence-electron chi connectivity index (χ2n) is 8.91. The van der Waals surface area contributed by atoms with Crippen LogP contribution in [0.4, 0.5) is 5.82 Å². The number of nitrogens with zero attached hydrogens (tertiary/aromatic N) is 5. The molecule has 3 heterocycles. The van der Waals surface area contributed by atoms with Crippen LogP contribution in [0.25, 0.3) is 22.2 Å². The number of hydrogen-bond donors (Lipinski definition) is 1. The van der Waals surface area contributed by atoms with Crippen LogP contribution in [-0.4, -0.2) is 59.7 Å². The second-order valence-corrected chi connectivity index (χ2v) is 11.3. The van der Waals surface area contributed by atoms with E-state index in [9.17, 15) is 13.2 Å². The van der Waals surface area contributed by atoms with E-state index in [-0.39, 0.29) is 21.5 Å². The maximum absolute atomic E-state index is 12.9. The van der Waals surface area contributed by atoms with Gasteiger partial charge in [-0.3, -0.25) is 9.48 Å². The van der Waals surface area contributed by atoms with Crippen molar-refractivity contribution in [1.82, 2.24) is 25.3 Å². The van der Waals surface area contributed by atoms with Gasteiger partial charge >= 0.3 is 0 Å². The number of rotatable bonds is 5. The lowest BCUT2D eigenvalue weighted by molar-refractivity contribution is 0.0927. The molecule has 1 amide bonds. The Labute approximate surface area is 214 Å². The molecule has 0 unspecified atom stereocenters. The first-order valence-electron chi connectivity index (χ1n) is 11.5. The van der Waals surface area contributed by atoms with Gasteiger partial charge in [0.2, 0.25) is 0 Å². The van der Waals surface area contributed by atoms with Gasteiger partial charge in [-0.1, -0.05) is 35.9 Å². The molecule has 36 heavy (non-hydrogen) atoms. The Morgan fingerprint density at radius 2 is 1.78 bits per heavy atom. The van der Waals surface area contributed by atoms with Gasteiger partial charge in [0.15, 0.2) is 15.7 Å². The molecule has 4 aromatic rings. The molecular weight excluding hydrogens is 500 g/mol. The van der Waals surface area contributed by atoms with Crippen LogP contribution >= 0.6 is 11.6 Å². The Kier molecular flexibility index (Phi) is 6.40. The highest BCUT2D eigenvalue weighted by molar-refractivity contribution is 7.90. The molecule has 186 valence electrons. The van der Waals surface area contributed by atoms with Crippen molar-refractivity contribution < 1.29 is 13.2 Å². The standard InChI is InChI=1S/C25H25ClN6O3S/c1-31-21(9-12-27-31)23-18-5-3-4-6-19(18)24(30-29-23)32-13-10-17(11-14-32)28-25(33)20-8-7-16(26)15-22(20)36(2,34)35/h3-9,12,15,17H,10-11,13-14H2,1-2H3,(H,28,33). The van der Waals surface area contributed by atoms with Gasteiger partial charge in [0.05, 0.1) is 16.2 Å². The summed E-state index contributed by atoms with van der Waals surface area (Å²) in [5, 5.41) is 18.6. The summed E-state index contributed by atoms with van der Waals surface area (Å²) in [7, 11) is -1.73. The summed E-state index contributed by atoms with van der Waals surface area (Å²) in [6.07, 6.45) is 4.18. The fourth-order valence-corrected chi connectivity index (χ4v) is 5.75. The molecule has 1 aliphatic rings. The average molecular weight is 525 g/mol. The number of piperidine rings is 1. The normalized spacial score (nSPS) is 14.8. The first-order chi connectivity index (χ1) is 17.2. The number of hydrogen-bond acceptors (Lipinski definition) is 7. The van der Waals surface area contributed by atoms with Crippen molar-refractivity contribution >= 4 is 43.9 Å². The van der Waals surface area contributed by atoms with Crippen LogP contribution in [0.15, 0.2) is 59.6 Å². The molecule has 2 aromatic heterocycles. The Morgan fingerprint density at radius 1 is 1.06 bits per heavy atom. The maximum Gasteiger partial charge on any atom is 0.252 e. The number of benzene rings is 2. The third-order valence-corrected chi connectivity index (χ3v) is 7.82. The summed E-state index contributed by atoms with van der Waals surface area (Å²) < 4.78 is 26.1. The van der Waals surface area contributed by atoms with Gasteiger partial charge in [0.1, 0.15) is 5.69 Å². The lowest BCUT2D eigenvalue weighted by Crippen LogP contribution is -2.45. The minimum atomic E-state index is -3.60. The Morgan fingerprint density at radius 3 is 2.44 bits per heavy atom. The number of amides is 1. The van der Waals surface area contributed by atoms with E-state index in [0.29, 0.717) is 25.9 Å². The van der Waals surface area contributed by atoms with Crippen molar-refractivity contribution in [2.45, 2.75) is 23.8 Å². The van der Waals surface area contributed by atoms with E-state index in [2.05, 4.69) is 25.5 Å². The van der Waals surface area contributed by atoms with Crippen LogP contribution in [0.3, 0.4) is 0 Å². The van der Waals surface area contributed by atoms with Crippen molar-refractivity contribution in [1.29, 1.82) is 0 Å². The van der Waals surface area contributed by atoms with Crippen molar-refractivity contribution in [2.24, 2.45) is 7.05 Å². The van der Waals surface area contributed by atoms with Crippen LogP contribution in [0.5, 0.6) is 0 Å². The summed E-state index contributed by atoms with van der Waals surface area (Å²) in [5.74, 6) is 0.384. The molecule has 2 aromatic carbocycles. The first kappa shape index (κ1) is 24.2. The molecule has 5 rings (SSSR count). The molecule has 0 radical (unpaired) electrons. The zero-order valence-corrected chi connectivity index (χ0v) is 21.4. The third kappa shape index (κ3) is 4.66. The van der Waals surface area contributed by atoms with Crippen molar-refractivity contribution in [3.05, 3.63) is 65.3 Å². The molecule has 0 spiro atoms. The predicted molar refractivity (Wildman–Crippen MR) is 139 cm³/mol. The topological polar surface area (TPSA) is 110 Å². The molecular formula is C25H25ClN6O3S. The van der Waals surface area contributed by atoms with E-state index in [1.165, 1.54) is 18.2 Å². The number of anilines is 1. The van der Waals surface area contributed by atoms with E-state index < -0.39 is 15.7 Å². The van der Waals surface area contributed by atoms with Crippen molar-refractivity contribution in [3.8, 4) is 11.4 Å². The zero-order chi connectivity index (χ0) is 25.4. The molecule has 0 aliphatic carbocycles. The number of fused-ring (bicyclic) bond motifs is 1. The molecule has 0 atom stereocenters. The van der Waals surface area contributed by atoms with Crippen LogP contribution < -0.4 is 10.2 Å². The molecule has 1 saturated heterocycles. The first-order valence-corrected chi connectivity index (χ1v) is 13.8. The zero-order valence-electron chi connectivity index (χ0n) is 19.8. The Hall–Kier alpha value is -3.50. The fraction of sp³-hybridized carbons (Fsp3) is 0.280. The molecule has 1 N–H and O–H groups in total. The largest absolute Gasteiger partial charge is 0.354 e. The Bertz CT molecular complexity index is 1560. The molecule has 11 heteroatoms. The summed E-state index contributed by atoms with van der Waals surface area (Å²) in [5.41, 5.74) is 1.77. The van der Waals surface area contributed by atoms with E-state index in [1.807, 2.05) is 37.4 Å². The van der Waals surface area contributed by atoms with Gasteiger partial charge < -0.3 is 10.2 Å². The number of nitrogens with one attached hydrogen (secondary N) is 1. The van der Waals surface area contributed by atoms with Crippen molar-refractivity contribution in [3.63, 3.8) is 0 Å². The average Bonchev–Trinajstić information content (AvgIpc) is 3.29. The van der Waals surface area contributed by atoms with Gasteiger partial charge in [-0.05, 0) is 37.1 Å². The number of halogens is 1. The second kappa shape index (κ2) is 9.51. The highest BCUT2D eigenvalue weighted by atomic mass is 35.5. The molecule has 9 nitrogen and oxygen atoms in total. The van der Waals surface area contributed by atoms with E-state index in [0.717, 1.165) is 34.2 Å². The van der Waals surface area contributed by atoms with Gasteiger partial charge in [-0.15, -0.1) is 10.2 Å². The highest BCUT2D eigenvalue weighted by Crippen LogP contribution is 2.32. The molecule has 0 bridgehead atoms. The molecule has 0 saturated carbocycles. The van der Waals surface area contributed by atoms with Crippen molar-refractivity contribution in [2.75, 3.05) is 24.2 Å². The predicted octanol–water partition coefficient (Wildman–Crippen LogP) is 3.49. The minimum absolute atomic E-state index is 0.0693. The van der Waals surface area contributed by atoms with Gasteiger partial charge in [-0.25, -0.2) is 8.42 Å². The van der Waals surface area contributed by atoms with Crippen LogP contribution in [0, 0.1) is 0 Å². The smallest absolute Gasteiger partial charge is 0.252 e. The van der Waals surface area contributed by atoms with Crippen LogP contribution in [-0.2, 0) is 16.9 Å². The van der Waals surface area contributed by atoms with E-state index in [1.54, 1.807) is 10.9 Å². The minimum Gasteiger partial charge on any atom is -0.354 e. The SMILES string of the molecule is Cn1nccc1-c1nnc(N2CCC(NC(=O)c3ccc(Cl)cc3S(C)(=O)=O)CC2)c2ccccc12. The third-order valence-electron chi connectivity index (χ3n) is 6.45. The van der Waals surface area contributed by atoms with Gasteiger partial charge in [0, 0.05) is 54.4 Å². The number of carbonyl (C=O) groups is 1. The van der Waals surface area contributed by atoms with Crippen LogP contribution in [0.1, 0.15) is 23.2 Å².